The second-order valence-corrected chi connectivity index (χ2v) is 8.39. The molecule has 0 saturated carbocycles. The molecule has 1 N–H and O–H groups in total. The van der Waals surface area contributed by atoms with E-state index >= 15 is 0 Å². The second kappa shape index (κ2) is 7.12. The van der Waals surface area contributed by atoms with E-state index in [9.17, 15) is 18.0 Å². The summed E-state index contributed by atoms with van der Waals surface area (Å²) < 4.78 is 25.1. The van der Waals surface area contributed by atoms with Crippen LogP contribution in [-0.4, -0.2) is 38.4 Å². The van der Waals surface area contributed by atoms with Crippen LogP contribution in [0.2, 0.25) is 0 Å². The molecule has 0 aliphatic heterocycles. The third kappa shape index (κ3) is 6.40. The van der Waals surface area contributed by atoms with Gasteiger partial charge in [0.2, 0.25) is 15.9 Å². The maximum absolute atomic E-state index is 12.0. The molecule has 0 aromatic heterocycles. The molecule has 0 spiro atoms. The van der Waals surface area contributed by atoms with Gasteiger partial charge in [0.25, 0.3) is 0 Å². The summed E-state index contributed by atoms with van der Waals surface area (Å²) in [5.74, 6) is -0.307. The fraction of sp³-hybridized carbons (Fsp3) is 0.500. The number of hydrogen-bond donors (Lipinski definition) is 1. The Kier molecular flexibility index (Phi) is 5.93. The zero-order valence-electron chi connectivity index (χ0n) is 14.2. The van der Waals surface area contributed by atoms with Gasteiger partial charge in [-0.2, -0.15) is 0 Å². The number of carbonyl (C=O) groups is 2. The average Bonchev–Trinajstić information content (AvgIpc) is 2.35. The molecule has 0 bridgehead atoms. The molecule has 1 amide bonds. The minimum atomic E-state index is -3.52. The summed E-state index contributed by atoms with van der Waals surface area (Å²) in [6, 6.07) is 6.29. The Morgan fingerprint density at radius 1 is 1.13 bits per heavy atom. The lowest BCUT2D eigenvalue weighted by atomic mass is 10.1. The number of benzene rings is 1. The topological polar surface area (TPSA) is 83.6 Å². The smallest absolute Gasteiger partial charge is 0.232 e. The van der Waals surface area contributed by atoms with Gasteiger partial charge in [0.05, 0.1) is 11.9 Å². The van der Waals surface area contributed by atoms with Crippen LogP contribution in [-0.2, 0) is 14.8 Å². The van der Waals surface area contributed by atoms with Crippen molar-refractivity contribution < 1.29 is 18.0 Å². The molecule has 128 valence electrons. The molecule has 0 heterocycles. The van der Waals surface area contributed by atoms with Crippen molar-refractivity contribution in [2.24, 2.45) is 0 Å². The van der Waals surface area contributed by atoms with Gasteiger partial charge in [0.15, 0.2) is 5.78 Å². The van der Waals surface area contributed by atoms with Crippen molar-refractivity contribution in [3.05, 3.63) is 29.8 Å². The van der Waals surface area contributed by atoms with E-state index in [0.29, 0.717) is 11.3 Å². The number of sulfonamides is 1. The van der Waals surface area contributed by atoms with Crippen LogP contribution in [0.4, 0.5) is 5.69 Å². The van der Waals surface area contributed by atoms with E-state index in [4.69, 9.17) is 0 Å². The monoisotopic (exact) mass is 340 g/mol. The number of hydrogen-bond acceptors (Lipinski definition) is 4. The van der Waals surface area contributed by atoms with Crippen molar-refractivity contribution in [1.29, 1.82) is 0 Å². The molecular weight excluding hydrogens is 316 g/mol. The standard InChI is InChI=1S/C16H24N2O4S/c1-12(19)13-6-8-14(9-7-13)18(23(5,21)22)11-10-15(20)17-16(2,3)4/h6-9H,10-11H2,1-5H3,(H,17,20). The molecule has 23 heavy (non-hydrogen) atoms. The van der Waals surface area contributed by atoms with Crippen LogP contribution >= 0.6 is 0 Å². The number of ketones is 1. The lowest BCUT2D eigenvalue weighted by Crippen LogP contribution is -2.42. The highest BCUT2D eigenvalue weighted by atomic mass is 32.2. The quantitative estimate of drug-likeness (QED) is 0.803. The maximum Gasteiger partial charge on any atom is 0.232 e. The molecule has 1 rings (SSSR count). The molecule has 0 atom stereocenters. The predicted octanol–water partition coefficient (Wildman–Crippen LogP) is 1.96. The molecule has 0 unspecified atom stereocenters. The van der Waals surface area contributed by atoms with Crippen molar-refractivity contribution >= 4 is 27.4 Å². The van der Waals surface area contributed by atoms with E-state index in [1.54, 1.807) is 24.3 Å². The number of Topliss-reactive ketones (excluding diaryl/α,β-unsaturated/α-hetero) is 1. The average molecular weight is 340 g/mol. The Hall–Kier alpha value is -1.89. The summed E-state index contributed by atoms with van der Waals surface area (Å²) in [4.78, 5) is 23.2. The Morgan fingerprint density at radius 3 is 2.04 bits per heavy atom. The third-order valence-electron chi connectivity index (χ3n) is 3.02. The zero-order chi connectivity index (χ0) is 17.8. The molecule has 7 heteroatoms. The number of nitrogens with one attached hydrogen (secondary N) is 1. The van der Waals surface area contributed by atoms with Crippen molar-refractivity contribution in [3.8, 4) is 0 Å². The highest BCUT2D eigenvalue weighted by Crippen LogP contribution is 2.19. The molecular formula is C16H24N2O4S. The molecule has 1 aromatic carbocycles. The van der Waals surface area contributed by atoms with Crippen molar-refractivity contribution in [2.45, 2.75) is 39.7 Å². The highest BCUT2D eigenvalue weighted by Gasteiger charge is 2.20. The largest absolute Gasteiger partial charge is 0.351 e. The number of nitrogens with zero attached hydrogens (tertiary/aromatic N) is 1. The zero-order valence-corrected chi connectivity index (χ0v) is 15.0. The van der Waals surface area contributed by atoms with Gasteiger partial charge in [-0.15, -0.1) is 0 Å². The minimum absolute atomic E-state index is 0.0418. The normalized spacial score (nSPS) is 11.9. The summed E-state index contributed by atoms with van der Waals surface area (Å²) >= 11 is 0. The minimum Gasteiger partial charge on any atom is -0.351 e. The second-order valence-electron chi connectivity index (χ2n) is 6.49. The van der Waals surface area contributed by atoms with E-state index in [2.05, 4.69) is 5.32 Å². The van der Waals surface area contributed by atoms with Gasteiger partial charge < -0.3 is 5.32 Å². The molecule has 6 nitrogen and oxygen atoms in total. The number of carbonyl (C=O) groups excluding carboxylic acids is 2. The molecule has 0 saturated heterocycles. The number of amides is 1. The summed E-state index contributed by atoms with van der Waals surface area (Å²) in [5, 5.41) is 2.80. The van der Waals surface area contributed by atoms with Crippen LogP contribution in [0.1, 0.15) is 44.5 Å². The first-order valence-electron chi connectivity index (χ1n) is 7.30. The van der Waals surface area contributed by atoms with Crippen molar-refractivity contribution in [3.63, 3.8) is 0 Å². The first-order valence-corrected chi connectivity index (χ1v) is 9.15. The molecule has 0 radical (unpaired) electrons. The molecule has 0 aliphatic rings. The Bertz CT molecular complexity index is 673. The first-order chi connectivity index (χ1) is 10.4. The number of rotatable bonds is 6. The Labute approximate surface area is 137 Å². The number of anilines is 1. The fourth-order valence-corrected chi connectivity index (χ4v) is 2.96. The summed E-state index contributed by atoms with van der Waals surface area (Å²) in [6.45, 7) is 7.07. The van der Waals surface area contributed by atoms with E-state index < -0.39 is 10.0 Å². The van der Waals surface area contributed by atoms with Gasteiger partial charge >= 0.3 is 0 Å². The van der Waals surface area contributed by atoms with Gasteiger partial charge in [-0.05, 0) is 52.0 Å². The van der Waals surface area contributed by atoms with Crippen LogP contribution in [0.25, 0.3) is 0 Å². The lowest BCUT2D eigenvalue weighted by molar-refractivity contribution is -0.122. The van der Waals surface area contributed by atoms with Crippen molar-refractivity contribution in [1.82, 2.24) is 5.32 Å². The Morgan fingerprint density at radius 2 is 1.65 bits per heavy atom. The third-order valence-corrected chi connectivity index (χ3v) is 4.21. The van der Waals surface area contributed by atoms with Crippen LogP contribution < -0.4 is 9.62 Å². The van der Waals surface area contributed by atoms with Gasteiger partial charge in [-0.3, -0.25) is 13.9 Å². The summed E-state index contributed by atoms with van der Waals surface area (Å²) in [7, 11) is -3.52. The van der Waals surface area contributed by atoms with E-state index in [1.165, 1.54) is 11.2 Å². The summed E-state index contributed by atoms with van der Waals surface area (Å²) in [6.07, 6.45) is 1.15. The van der Waals surface area contributed by atoms with Gasteiger partial charge in [-0.1, -0.05) is 0 Å². The fourth-order valence-electron chi connectivity index (χ4n) is 2.03. The van der Waals surface area contributed by atoms with Gasteiger partial charge in [0, 0.05) is 24.1 Å². The SMILES string of the molecule is CC(=O)c1ccc(N(CCC(=O)NC(C)(C)C)S(C)(=O)=O)cc1. The Balaban J connectivity index is 2.90. The van der Waals surface area contributed by atoms with Crippen LogP contribution in [0.15, 0.2) is 24.3 Å². The maximum atomic E-state index is 12.0. The van der Waals surface area contributed by atoms with E-state index in [0.717, 1.165) is 6.26 Å². The highest BCUT2D eigenvalue weighted by molar-refractivity contribution is 7.92. The molecule has 1 aromatic rings. The predicted molar refractivity (Wildman–Crippen MR) is 91.1 cm³/mol. The first kappa shape index (κ1) is 19.2. The van der Waals surface area contributed by atoms with Crippen LogP contribution in [0, 0.1) is 0 Å². The van der Waals surface area contributed by atoms with Gasteiger partial charge in [-0.25, -0.2) is 8.42 Å². The molecule has 0 aliphatic carbocycles. The van der Waals surface area contributed by atoms with Crippen molar-refractivity contribution in [2.75, 3.05) is 17.1 Å². The van der Waals surface area contributed by atoms with Gasteiger partial charge in [0.1, 0.15) is 0 Å². The van der Waals surface area contributed by atoms with Crippen LogP contribution in [0.3, 0.4) is 0 Å². The lowest BCUT2D eigenvalue weighted by Gasteiger charge is -2.24. The van der Waals surface area contributed by atoms with E-state index in [-0.39, 0.29) is 30.2 Å². The van der Waals surface area contributed by atoms with E-state index in [1.807, 2.05) is 20.8 Å². The van der Waals surface area contributed by atoms with Crippen LogP contribution in [0.5, 0.6) is 0 Å². The summed E-state index contributed by atoms with van der Waals surface area (Å²) in [5.41, 5.74) is 0.574. The molecule has 0 fully saturated rings.